The molecule has 1 aromatic rings. The second-order valence-electron chi connectivity index (χ2n) is 7.52. The Hall–Kier alpha value is -1.37. The Labute approximate surface area is 144 Å². The van der Waals surface area contributed by atoms with Gasteiger partial charge < -0.3 is 14.4 Å². The summed E-state index contributed by atoms with van der Waals surface area (Å²) in [5, 5.41) is 10.3. The lowest BCUT2D eigenvalue weighted by atomic mass is 9.97. The molecular formula is C18H29N3O3. The van der Waals surface area contributed by atoms with Crippen LogP contribution in [0.5, 0.6) is 0 Å². The number of hydrogen-bond acceptors (Lipinski definition) is 5. The average molecular weight is 335 g/mol. The van der Waals surface area contributed by atoms with Crippen LogP contribution in [0.1, 0.15) is 32.4 Å². The number of likely N-dealkylation sites (tertiary alicyclic amines) is 1. The molecule has 1 unspecified atom stereocenters. The molecular weight excluding hydrogens is 306 g/mol. The highest BCUT2D eigenvalue weighted by Gasteiger charge is 2.37. The van der Waals surface area contributed by atoms with E-state index >= 15 is 0 Å². The van der Waals surface area contributed by atoms with Crippen LogP contribution in [0.3, 0.4) is 0 Å². The maximum Gasteiger partial charge on any atom is 0.236 e. The number of nitrogens with zero attached hydrogens (tertiary/aromatic N) is 3. The molecule has 2 aliphatic heterocycles. The number of carbonyl (C=O) groups is 1. The third-order valence-corrected chi connectivity index (χ3v) is 5.20. The van der Waals surface area contributed by atoms with E-state index in [1.165, 1.54) is 0 Å². The van der Waals surface area contributed by atoms with Gasteiger partial charge in [-0.3, -0.25) is 14.6 Å². The minimum Gasteiger partial charge on any atom is -0.468 e. The highest BCUT2D eigenvalue weighted by molar-refractivity contribution is 5.78. The molecule has 1 aromatic heterocycles. The van der Waals surface area contributed by atoms with E-state index in [2.05, 4.69) is 9.80 Å². The zero-order valence-electron chi connectivity index (χ0n) is 14.8. The van der Waals surface area contributed by atoms with E-state index in [4.69, 9.17) is 4.42 Å². The second-order valence-corrected chi connectivity index (χ2v) is 7.52. The Morgan fingerprint density at radius 1 is 1.29 bits per heavy atom. The molecule has 3 rings (SSSR count). The fourth-order valence-corrected chi connectivity index (χ4v) is 3.87. The van der Waals surface area contributed by atoms with E-state index in [9.17, 15) is 9.90 Å². The summed E-state index contributed by atoms with van der Waals surface area (Å²) in [5.41, 5.74) is -0.751. The molecule has 134 valence electrons. The first-order valence-corrected chi connectivity index (χ1v) is 8.92. The molecule has 0 radical (unpaired) electrons. The molecule has 2 saturated heterocycles. The van der Waals surface area contributed by atoms with Crippen molar-refractivity contribution >= 4 is 5.91 Å². The van der Waals surface area contributed by atoms with Gasteiger partial charge in [0, 0.05) is 32.2 Å². The van der Waals surface area contributed by atoms with Crippen LogP contribution in [0.4, 0.5) is 0 Å². The van der Waals surface area contributed by atoms with Crippen molar-refractivity contribution in [3.05, 3.63) is 24.2 Å². The van der Waals surface area contributed by atoms with Gasteiger partial charge in [0.25, 0.3) is 0 Å². The lowest BCUT2D eigenvalue weighted by Crippen LogP contribution is -2.53. The van der Waals surface area contributed by atoms with E-state index in [-0.39, 0.29) is 11.9 Å². The number of carbonyl (C=O) groups excluding carboxylic acids is 1. The minimum atomic E-state index is -0.751. The number of amides is 1. The maximum atomic E-state index is 12.6. The zero-order valence-corrected chi connectivity index (χ0v) is 14.8. The van der Waals surface area contributed by atoms with Gasteiger partial charge in [0.1, 0.15) is 5.76 Å². The first kappa shape index (κ1) is 17.5. The first-order valence-electron chi connectivity index (χ1n) is 8.92. The molecule has 2 aliphatic rings. The van der Waals surface area contributed by atoms with Crippen molar-refractivity contribution in [2.75, 3.05) is 39.3 Å². The van der Waals surface area contributed by atoms with Crippen molar-refractivity contribution < 1.29 is 14.3 Å². The molecule has 0 saturated carbocycles. The standard InChI is InChI=1S/C18H29N3O3/c1-18(2,23)16-6-3-7-21(16)14-17(22)20-10-8-19(9-11-20)13-15-5-4-12-24-15/h4-5,12,16,23H,3,6-11,13-14H2,1-2H3. The molecule has 0 aromatic carbocycles. The molecule has 1 amide bonds. The van der Waals surface area contributed by atoms with Crippen molar-refractivity contribution in [1.29, 1.82) is 0 Å². The van der Waals surface area contributed by atoms with E-state index in [1.807, 2.05) is 30.9 Å². The normalized spacial score (nSPS) is 23.8. The Kier molecular flexibility index (Phi) is 5.27. The summed E-state index contributed by atoms with van der Waals surface area (Å²) in [6.45, 7) is 9.10. The van der Waals surface area contributed by atoms with Gasteiger partial charge >= 0.3 is 0 Å². The number of rotatable bonds is 5. The average Bonchev–Trinajstić information content (AvgIpc) is 3.19. The third kappa shape index (κ3) is 4.18. The highest BCUT2D eigenvalue weighted by atomic mass is 16.3. The summed E-state index contributed by atoms with van der Waals surface area (Å²) < 4.78 is 5.39. The van der Waals surface area contributed by atoms with Crippen LogP contribution >= 0.6 is 0 Å². The molecule has 1 N–H and O–H groups in total. The summed E-state index contributed by atoms with van der Waals surface area (Å²) in [6, 6.07) is 3.98. The van der Waals surface area contributed by atoms with Gasteiger partial charge in [-0.15, -0.1) is 0 Å². The molecule has 1 atom stereocenters. The number of piperazine rings is 1. The molecule has 6 nitrogen and oxygen atoms in total. The van der Waals surface area contributed by atoms with Gasteiger partial charge in [-0.1, -0.05) is 0 Å². The lowest BCUT2D eigenvalue weighted by Gasteiger charge is -2.37. The number of hydrogen-bond donors (Lipinski definition) is 1. The molecule has 0 spiro atoms. The van der Waals surface area contributed by atoms with Crippen LogP contribution in [-0.4, -0.2) is 76.6 Å². The first-order chi connectivity index (χ1) is 11.4. The Balaban J connectivity index is 1.47. The molecule has 2 fully saturated rings. The predicted molar refractivity (Wildman–Crippen MR) is 91.5 cm³/mol. The lowest BCUT2D eigenvalue weighted by molar-refractivity contribution is -0.135. The van der Waals surface area contributed by atoms with Gasteiger partial charge in [0.05, 0.1) is 25.0 Å². The van der Waals surface area contributed by atoms with Crippen LogP contribution in [0, 0.1) is 0 Å². The van der Waals surface area contributed by atoms with Crippen molar-refractivity contribution in [3.63, 3.8) is 0 Å². The van der Waals surface area contributed by atoms with Crippen LogP contribution in [0.25, 0.3) is 0 Å². The van der Waals surface area contributed by atoms with Crippen molar-refractivity contribution in [1.82, 2.24) is 14.7 Å². The van der Waals surface area contributed by atoms with E-state index in [0.717, 1.165) is 57.9 Å². The molecule has 0 aliphatic carbocycles. The van der Waals surface area contributed by atoms with E-state index < -0.39 is 5.60 Å². The number of furan rings is 1. The SMILES string of the molecule is CC(C)(O)C1CCCN1CC(=O)N1CCN(Cc2ccco2)CC1. The van der Waals surface area contributed by atoms with Gasteiger partial charge in [0.15, 0.2) is 0 Å². The molecule has 0 bridgehead atoms. The Morgan fingerprint density at radius 3 is 2.67 bits per heavy atom. The Morgan fingerprint density at radius 2 is 2.04 bits per heavy atom. The van der Waals surface area contributed by atoms with Gasteiger partial charge in [-0.2, -0.15) is 0 Å². The quantitative estimate of drug-likeness (QED) is 0.875. The van der Waals surface area contributed by atoms with Crippen LogP contribution in [0.15, 0.2) is 22.8 Å². The largest absolute Gasteiger partial charge is 0.468 e. The topological polar surface area (TPSA) is 60.2 Å². The van der Waals surface area contributed by atoms with Gasteiger partial charge in [-0.25, -0.2) is 0 Å². The van der Waals surface area contributed by atoms with Crippen LogP contribution in [-0.2, 0) is 11.3 Å². The van der Waals surface area contributed by atoms with Crippen molar-refractivity contribution in [3.8, 4) is 0 Å². The summed E-state index contributed by atoms with van der Waals surface area (Å²) in [6.07, 6.45) is 3.72. The van der Waals surface area contributed by atoms with Crippen molar-refractivity contribution in [2.45, 2.75) is 44.9 Å². The Bertz CT molecular complexity index is 530. The number of aliphatic hydroxyl groups is 1. The second kappa shape index (κ2) is 7.25. The molecule has 24 heavy (non-hydrogen) atoms. The predicted octanol–water partition coefficient (Wildman–Crippen LogP) is 1.16. The highest BCUT2D eigenvalue weighted by Crippen LogP contribution is 2.26. The summed E-state index contributed by atoms with van der Waals surface area (Å²) in [5.74, 6) is 1.16. The van der Waals surface area contributed by atoms with E-state index in [1.54, 1.807) is 6.26 Å². The van der Waals surface area contributed by atoms with Gasteiger partial charge in [-0.05, 0) is 45.4 Å². The van der Waals surface area contributed by atoms with Crippen LogP contribution < -0.4 is 0 Å². The maximum absolute atomic E-state index is 12.6. The van der Waals surface area contributed by atoms with Crippen LogP contribution in [0.2, 0.25) is 0 Å². The van der Waals surface area contributed by atoms with E-state index in [0.29, 0.717) is 6.54 Å². The smallest absolute Gasteiger partial charge is 0.236 e. The summed E-state index contributed by atoms with van der Waals surface area (Å²) in [4.78, 5) is 19.0. The van der Waals surface area contributed by atoms with Gasteiger partial charge in [0.2, 0.25) is 5.91 Å². The fraction of sp³-hybridized carbons (Fsp3) is 0.722. The molecule has 6 heteroatoms. The third-order valence-electron chi connectivity index (χ3n) is 5.20. The minimum absolute atomic E-state index is 0.0849. The molecule has 3 heterocycles. The monoisotopic (exact) mass is 335 g/mol. The zero-order chi connectivity index (χ0) is 17.2. The van der Waals surface area contributed by atoms with Crippen molar-refractivity contribution in [2.24, 2.45) is 0 Å². The fourth-order valence-electron chi connectivity index (χ4n) is 3.87. The summed E-state index contributed by atoms with van der Waals surface area (Å²) in [7, 11) is 0. The summed E-state index contributed by atoms with van der Waals surface area (Å²) >= 11 is 0.